The van der Waals surface area contributed by atoms with E-state index >= 15 is 0 Å². The van der Waals surface area contributed by atoms with Crippen LogP contribution in [-0.4, -0.2) is 47.0 Å². The fraction of sp³-hybridized carbons (Fsp3) is 0.320. The van der Waals surface area contributed by atoms with E-state index in [0.29, 0.717) is 25.8 Å². The van der Waals surface area contributed by atoms with Crippen molar-refractivity contribution >= 4 is 11.9 Å². The maximum atomic E-state index is 12.8. The van der Waals surface area contributed by atoms with Crippen molar-refractivity contribution in [1.29, 1.82) is 0 Å². The number of pyridine rings is 1. The standard InChI is InChI=1S/C25H26N2O7/c1-16(25(29)30)32-19-10-9-18(12-19)14-27-23(28)20-8-5-11-26-24(20)34-22-15-31-21(33-22)13-17-6-3-2-4-7-17/h2-9,11,15-16,19,21H,10,12-14H2,1H3,(H,27,28)(H,29,30). The zero-order valence-corrected chi connectivity index (χ0v) is 18.7. The van der Waals surface area contributed by atoms with Gasteiger partial charge in [0.1, 0.15) is 5.56 Å². The van der Waals surface area contributed by atoms with Gasteiger partial charge in [-0.05, 0) is 37.5 Å². The molecule has 9 heteroatoms. The summed E-state index contributed by atoms with van der Waals surface area (Å²) in [5.74, 6) is -1.12. The highest BCUT2D eigenvalue weighted by Gasteiger charge is 2.25. The summed E-state index contributed by atoms with van der Waals surface area (Å²) >= 11 is 0. The van der Waals surface area contributed by atoms with Crippen LogP contribution in [0.4, 0.5) is 0 Å². The molecule has 9 nitrogen and oxygen atoms in total. The molecule has 1 aromatic heterocycles. The maximum absolute atomic E-state index is 12.8. The lowest BCUT2D eigenvalue weighted by Gasteiger charge is -2.16. The quantitative estimate of drug-likeness (QED) is 0.513. The summed E-state index contributed by atoms with van der Waals surface area (Å²) in [5.41, 5.74) is 2.29. The molecule has 2 aromatic rings. The van der Waals surface area contributed by atoms with Gasteiger partial charge in [0.2, 0.25) is 12.2 Å². The van der Waals surface area contributed by atoms with Crippen LogP contribution in [0.3, 0.4) is 0 Å². The van der Waals surface area contributed by atoms with Gasteiger partial charge in [-0.3, -0.25) is 4.79 Å². The molecular formula is C25H26N2O7. The molecule has 4 rings (SSSR count). The molecule has 1 aromatic carbocycles. The van der Waals surface area contributed by atoms with E-state index in [0.717, 1.165) is 11.1 Å². The Morgan fingerprint density at radius 3 is 2.85 bits per heavy atom. The van der Waals surface area contributed by atoms with Gasteiger partial charge in [-0.2, -0.15) is 0 Å². The predicted octanol–water partition coefficient (Wildman–Crippen LogP) is 3.18. The van der Waals surface area contributed by atoms with E-state index in [2.05, 4.69) is 10.3 Å². The predicted molar refractivity (Wildman–Crippen MR) is 121 cm³/mol. The lowest BCUT2D eigenvalue weighted by molar-refractivity contribution is -0.152. The lowest BCUT2D eigenvalue weighted by Crippen LogP contribution is -2.28. The van der Waals surface area contributed by atoms with Crippen LogP contribution >= 0.6 is 0 Å². The highest BCUT2D eigenvalue weighted by Crippen LogP contribution is 2.25. The van der Waals surface area contributed by atoms with Gasteiger partial charge in [-0.1, -0.05) is 42.0 Å². The van der Waals surface area contributed by atoms with Crippen molar-refractivity contribution in [2.75, 3.05) is 6.54 Å². The van der Waals surface area contributed by atoms with Crippen molar-refractivity contribution in [1.82, 2.24) is 10.3 Å². The molecule has 0 saturated heterocycles. The van der Waals surface area contributed by atoms with E-state index in [9.17, 15) is 9.59 Å². The summed E-state index contributed by atoms with van der Waals surface area (Å²) in [4.78, 5) is 27.9. The minimum atomic E-state index is -0.996. The van der Waals surface area contributed by atoms with Crippen molar-refractivity contribution in [2.24, 2.45) is 0 Å². The smallest absolute Gasteiger partial charge is 0.332 e. The normalized spacial score (nSPS) is 19.9. The van der Waals surface area contributed by atoms with E-state index in [4.69, 9.17) is 24.1 Å². The number of carbonyl (C=O) groups excluding carboxylic acids is 1. The van der Waals surface area contributed by atoms with E-state index in [1.807, 2.05) is 36.4 Å². The Morgan fingerprint density at radius 2 is 2.06 bits per heavy atom. The number of amides is 1. The fourth-order valence-electron chi connectivity index (χ4n) is 3.64. The number of aromatic nitrogens is 1. The van der Waals surface area contributed by atoms with Gasteiger partial charge >= 0.3 is 11.9 Å². The Bertz CT molecular complexity index is 1080. The highest BCUT2D eigenvalue weighted by molar-refractivity contribution is 5.96. The summed E-state index contributed by atoms with van der Waals surface area (Å²) in [6.07, 6.45) is 4.98. The molecule has 178 valence electrons. The Kier molecular flexibility index (Phi) is 7.44. The average Bonchev–Trinajstić information content (AvgIpc) is 3.47. The van der Waals surface area contributed by atoms with Crippen molar-refractivity contribution in [3.63, 3.8) is 0 Å². The Labute approximate surface area is 197 Å². The SMILES string of the molecule is CC(OC1CC=C(CNC(=O)c2cccnc2OC2=COC(Cc3ccccc3)O2)C1)C(=O)O. The Morgan fingerprint density at radius 1 is 1.24 bits per heavy atom. The summed E-state index contributed by atoms with van der Waals surface area (Å²) in [5, 5.41) is 11.8. The first kappa shape index (κ1) is 23.3. The number of hydrogen-bond donors (Lipinski definition) is 2. The molecule has 2 N–H and O–H groups in total. The molecule has 0 bridgehead atoms. The number of benzene rings is 1. The molecule has 3 unspecified atom stereocenters. The number of carboxylic acid groups (broad SMARTS) is 1. The van der Waals surface area contributed by atoms with Gasteiger partial charge < -0.3 is 29.4 Å². The third-order valence-corrected chi connectivity index (χ3v) is 5.40. The van der Waals surface area contributed by atoms with Crippen LogP contribution in [-0.2, 0) is 25.4 Å². The fourth-order valence-corrected chi connectivity index (χ4v) is 3.64. The second-order valence-electron chi connectivity index (χ2n) is 7.99. The minimum Gasteiger partial charge on any atom is -0.479 e. The molecule has 1 aliphatic carbocycles. The Hall–Kier alpha value is -3.85. The van der Waals surface area contributed by atoms with Crippen LogP contribution in [0.5, 0.6) is 5.88 Å². The molecule has 0 fully saturated rings. The molecule has 0 spiro atoms. The first-order chi connectivity index (χ1) is 16.5. The van der Waals surface area contributed by atoms with E-state index in [1.165, 1.54) is 19.4 Å². The summed E-state index contributed by atoms with van der Waals surface area (Å²) in [7, 11) is 0. The first-order valence-electron chi connectivity index (χ1n) is 11.0. The van der Waals surface area contributed by atoms with Crippen LogP contribution in [0.2, 0.25) is 0 Å². The van der Waals surface area contributed by atoms with E-state index in [-0.39, 0.29) is 29.4 Å². The molecule has 3 atom stereocenters. The summed E-state index contributed by atoms with van der Waals surface area (Å²) in [6, 6.07) is 13.0. The van der Waals surface area contributed by atoms with Crippen LogP contribution < -0.4 is 10.1 Å². The molecule has 0 radical (unpaired) electrons. The second kappa shape index (κ2) is 10.8. The van der Waals surface area contributed by atoms with Crippen molar-refractivity contribution in [3.8, 4) is 5.88 Å². The topological polar surface area (TPSA) is 116 Å². The molecule has 2 heterocycles. The average molecular weight is 466 g/mol. The van der Waals surface area contributed by atoms with Gasteiger partial charge in [0.25, 0.3) is 5.91 Å². The van der Waals surface area contributed by atoms with Gasteiger partial charge in [0.05, 0.1) is 6.10 Å². The van der Waals surface area contributed by atoms with Crippen LogP contribution in [0.1, 0.15) is 35.7 Å². The number of aliphatic carboxylic acids is 1. The number of nitrogens with one attached hydrogen (secondary N) is 1. The van der Waals surface area contributed by atoms with E-state index < -0.39 is 18.4 Å². The van der Waals surface area contributed by atoms with Crippen LogP contribution in [0.25, 0.3) is 0 Å². The first-order valence-corrected chi connectivity index (χ1v) is 11.0. The van der Waals surface area contributed by atoms with Gasteiger partial charge in [0.15, 0.2) is 12.4 Å². The van der Waals surface area contributed by atoms with Crippen LogP contribution in [0.15, 0.2) is 72.5 Å². The van der Waals surface area contributed by atoms with Crippen LogP contribution in [0, 0.1) is 0 Å². The molecule has 34 heavy (non-hydrogen) atoms. The highest BCUT2D eigenvalue weighted by atomic mass is 16.8. The number of nitrogens with zero attached hydrogens (tertiary/aromatic N) is 1. The van der Waals surface area contributed by atoms with Gasteiger partial charge in [0, 0.05) is 19.2 Å². The number of carboxylic acids is 1. The van der Waals surface area contributed by atoms with Crippen molar-refractivity contribution in [3.05, 3.63) is 83.6 Å². The monoisotopic (exact) mass is 466 g/mol. The zero-order chi connectivity index (χ0) is 23.9. The summed E-state index contributed by atoms with van der Waals surface area (Å²) < 4.78 is 22.4. The van der Waals surface area contributed by atoms with Crippen molar-refractivity contribution in [2.45, 2.75) is 44.7 Å². The van der Waals surface area contributed by atoms with Gasteiger partial charge in [-0.25, -0.2) is 9.78 Å². The van der Waals surface area contributed by atoms with Crippen molar-refractivity contribution < 1.29 is 33.6 Å². The zero-order valence-electron chi connectivity index (χ0n) is 18.7. The third-order valence-electron chi connectivity index (χ3n) is 5.40. The minimum absolute atomic E-state index is 0.104. The number of ether oxygens (including phenoxy) is 4. The second-order valence-corrected chi connectivity index (χ2v) is 7.99. The molecular weight excluding hydrogens is 440 g/mol. The number of hydrogen-bond acceptors (Lipinski definition) is 7. The van der Waals surface area contributed by atoms with Gasteiger partial charge in [-0.15, -0.1) is 0 Å². The molecule has 1 amide bonds. The Balaban J connectivity index is 1.28. The lowest BCUT2D eigenvalue weighted by atomic mass is 10.1. The molecule has 2 aliphatic rings. The van der Waals surface area contributed by atoms with E-state index in [1.54, 1.807) is 12.1 Å². The molecule has 1 aliphatic heterocycles. The maximum Gasteiger partial charge on any atom is 0.332 e. The number of rotatable bonds is 10. The largest absolute Gasteiger partial charge is 0.479 e. The molecule has 0 saturated carbocycles. The number of carbonyl (C=O) groups is 2. The summed E-state index contributed by atoms with van der Waals surface area (Å²) in [6.45, 7) is 1.82. The third kappa shape index (κ3) is 6.14.